The second kappa shape index (κ2) is 9.24. The molecule has 0 saturated heterocycles. The Bertz CT molecular complexity index is 884. The Kier molecular flexibility index (Phi) is 6.49. The Balaban J connectivity index is 1.66. The molecule has 0 atom stereocenters. The van der Waals surface area contributed by atoms with Gasteiger partial charge in [-0.1, -0.05) is 35.9 Å². The van der Waals surface area contributed by atoms with Crippen LogP contribution in [0, 0.1) is 6.92 Å². The number of rotatable bonds is 8. The summed E-state index contributed by atoms with van der Waals surface area (Å²) in [7, 11) is 0. The number of hydrogen-bond acceptors (Lipinski definition) is 5. The van der Waals surface area contributed by atoms with Crippen LogP contribution in [0.15, 0.2) is 54.6 Å². The van der Waals surface area contributed by atoms with Gasteiger partial charge in [-0.3, -0.25) is 0 Å². The van der Waals surface area contributed by atoms with E-state index in [1.54, 1.807) is 0 Å². The first kappa shape index (κ1) is 19.0. The summed E-state index contributed by atoms with van der Waals surface area (Å²) < 4.78 is 5.65. The van der Waals surface area contributed by atoms with Gasteiger partial charge in [-0.2, -0.15) is 4.98 Å². The Morgan fingerprint density at radius 1 is 1.04 bits per heavy atom. The second-order valence-corrected chi connectivity index (χ2v) is 6.51. The molecule has 0 radical (unpaired) electrons. The van der Waals surface area contributed by atoms with Crippen LogP contribution in [0.1, 0.15) is 18.2 Å². The number of hydrogen-bond donors (Lipinski definition) is 2. The minimum atomic E-state index is 0.538. The largest absolute Gasteiger partial charge is 0.492 e. The van der Waals surface area contributed by atoms with Crippen molar-refractivity contribution >= 4 is 29.1 Å². The molecule has 0 aliphatic heterocycles. The minimum Gasteiger partial charge on any atom is -0.492 e. The van der Waals surface area contributed by atoms with Gasteiger partial charge in [-0.05, 0) is 50.1 Å². The monoisotopic (exact) mass is 382 g/mol. The fourth-order valence-corrected chi connectivity index (χ4v) is 2.80. The van der Waals surface area contributed by atoms with E-state index in [2.05, 4.69) is 20.6 Å². The highest BCUT2D eigenvalue weighted by Gasteiger charge is 2.07. The molecule has 0 saturated carbocycles. The van der Waals surface area contributed by atoms with Crippen molar-refractivity contribution in [1.82, 2.24) is 9.97 Å². The van der Waals surface area contributed by atoms with Crippen molar-refractivity contribution in [2.24, 2.45) is 0 Å². The number of aromatic nitrogens is 2. The predicted octanol–water partition coefficient (Wildman–Crippen LogP) is 5.24. The van der Waals surface area contributed by atoms with Crippen molar-refractivity contribution in [2.75, 3.05) is 23.8 Å². The van der Waals surface area contributed by atoms with Crippen LogP contribution in [0.4, 0.5) is 17.5 Å². The molecule has 3 rings (SSSR count). The summed E-state index contributed by atoms with van der Waals surface area (Å²) in [5.41, 5.74) is 2.95. The van der Waals surface area contributed by atoms with Crippen LogP contribution in [0.2, 0.25) is 5.02 Å². The molecular weight excluding hydrogens is 360 g/mol. The number of nitrogens with one attached hydrogen (secondary N) is 2. The molecule has 0 aliphatic carbocycles. The summed E-state index contributed by atoms with van der Waals surface area (Å²) in [5, 5.41) is 7.36. The van der Waals surface area contributed by atoms with Gasteiger partial charge in [0.15, 0.2) is 0 Å². The van der Waals surface area contributed by atoms with Crippen LogP contribution in [0.5, 0.6) is 5.75 Å². The third-order valence-electron chi connectivity index (χ3n) is 3.92. The Morgan fingerprint density at radius 2 is 1.81 bits per heavy atom. The van der Waals surface area contributed by atoms with Gasteiger partial charge in [0.25, 0.3) is 0 Å². The third-order valence-corrected chi connectivity index (χ3v) is 4.17. The van der Waals surface area contributed by atoms with Crippen molar-refractivity contribution in [3.05, 3.63) is 70.9 Å². The van der Waals surface area contributed by atoms with E-state index >= 15 is 0 Å². The lowest BCUT2D eigenvalue weighted by Gasteiger charge is -2.13. The summed E-state index contributed by atoms with van der Waals surface area (Å²) in [6.45, 7) is 5.28. The van der Waals surface area contributed by atoms with Crippen molar-refractivity contribution in [2.45, 2.75) is 20.3 Å². The van der Waals surface area contributed by atoms with E-state index in [1.165, 1.54) is 5.56 Å². The van der Waals surface area contributed by atoms with E-state index in [4.69, 9.17) is 16.3 Å². The molecule has 0 aliphatic rings. The first-order valence-electron chi connectivity index (χ1n) is 8.97. The zero-order chi connectivity index (χ0) is 19.1. The molecule has 6 heteroatoms. The minimum absolute atomic E-state index is 0.538. The summed E-state index contributed by atoms with van der Waals surface area (Å²) in [6.07, 6.45) is 0.885. The van der Waals surface area contributed by atoms with Crippen LogP contribution >= 0.6 is 11.6 Å². The molecule has 2 aromatic carbocycles. The SMILES string of the molecule is CCOc1ccccc1Nc1nc(C)cc(NCCc2ccc(Cl)cc2)n1. The Hall–Kier alpha value is -2.79. The molecule has 27 heavy (non-hydrogen) atoms. The number of benzene rings is 2. The van der Waals surface area contributed by atoms with Crippen molar-refractivity contribution < 1.29 is 4.74 Å². The molecule has 0 unspecified atom stereocenters. The molecule has 5 nitrogen and oxygen atoms in total. The maximum Gasteiger partial charge on any atom is 0.229 e. The molecule has 140 valence electrons. The fraction of sp³-hybridized carbons (Fsp3) is 0.238. The van der Waals surface area contributed by atoms with E-state index in [1.807, 2.05) is 68.4 Å². The second-order valence-electron chi connectivity index (χ2n) is 6.08. The standard InChI is InChI=1S/C21H23ClN4O/c1-3-27-19-7-5-4-6-18(19)25-21-24-15(2)14-20(26-21)23-13-12-16-8-10-17(22)11-9-16/h4-11,14H,3,12-13H2,1-2H3,(H2,23,24,25,26). The van der Waals surface area contributed by atoms with Gasteiger partial charge in [-0.15, -0.1) is 0 Å². The van der Waals surface area contributed by atoms with Crippen LogP contribution in [0.3, 0.4) is 0 Å². The zero-order valence-corrected chi connectivity index (χ0v) is 16.3. The molecule has 3 aromatic rings. The van der Waals surface area contributed by atoms with Gasteiger partial charge in [0.05, 0.1) is 12.3 Å². The molecule has 0 spiro atoms. The summed E-state index contributed by atoms with van der Waals surface area (Å²) in [4.78, 5) is 9.04. The highest BCUT2D eigenvalue weighted by molar-refractivity contribution is 6.30. The van der Waals surface area contributed by atoms with Crippen LogP contribution in [-0.2, 0) is 6.42 Å². The van der Waals surface area contributed by atoms with E-state index in [0.29, 0.717) is 12.6 Å². The van der Waals surface area contributed by atoms with Gasteiger partial charge in [-0.25, -0.2) is 4.98 Å². The fourth-order valence-electron chi connectivity index (χ4n) is 2.67. The van der Waals surface area contributed by atoms with Crippen LogP contribution in [-0.4, -0.2) is 23.1 Å². The highest BCUT2D eigenvalue weighted by atomic mass is 35.5. The van der Waals surface area contributed by atoms with E-state index in [9.17, 15) is 0 Å². The quantitative estimate of drug-likeness (QED) is 0.558. The first-order valence-corrected chi connectivity index (χ1v) is 9.34. The number of ether oxygens (including phenoxy) is 1. The average molecular weight is 383 g/mol. The Morgan fingerprint density at radius 3 is 2.59 bits per heavy atom. The predicted molar refractivity (Wildman–Crippen MR) is 111 cm³/mol. The molecule has 0 amide bonds. The van der Waals surface area contributed by atoms with Crippen molar-refractivity contribution in [3.63, 3.8) is 0 Å². The first-order chi connectivity index (χ1) is 13.1. The lowest BCUT2D eigenvalue weighted by atomic mass is 10.1. The summed E-state index contributed by atoms with van der Waals surface area (Å²) in [6, 6.07) is 17.6. The average Bonchev–Trinajstić information content (AvgIpc) is 2.65. The van der Waals surface area contributed by atoms with Crippen LogP contribution < -0.4 is 15.4 Å². The normalized spacial score (nSPS) is 10.5. The van der Waals surface area contributed by atoms with E-state index < -0.39 is 0 Å². The van der Waals surface area contributed by atoms with Crippen molar-refractivity contribution in [3.8, 4) is 5.75 Å². The number of aryl methyl sites for hydroxylation is 1. The highest BCUT2D eigenvalue weighted by Crippen LogP contribution is 2.26. The maximum atomic E-state index is 5.93. The van der Waals surface area contributed by atoms with Gasteiger partial charge in [0, 0.05) is 23.3 Å². The van der Waals surface area contributed by atoms with Gasteiger partial charge in [0.2, 0.25) is 5.95 Å². The molecule has 0 fully saturated rings. The lowest BCUT2D eigenvalue weighted by molar-refractivity contribution is 0.342. The lowest BCUT2D eigenvalue weighted by Crippen LogP contribution is -2.09. The number of halogens is 1. The molecule has 1 heterocycles. The summed E-state index contributed by atoms with van der Waals surface area (Å²) in [5.74, 6) is 2.10. The number of para-hydroxylation sites is 2. The van der Waals surface area contributed by atoms with Crippen LogP contribution in [0.25, 0.3) is 0 Å². The van der Waals surface area contributed by atoms with Crippen molar-refractivity contribution in [1.29, 1.82) is 0 Å². The zero-order valence-electron chi connectivity index (χ0n) is 15.5. The summed E-state index contributed by atoms with van der Waals surface area (Å²) >= 11 is 5.93. The number of nitrogens with zero attached hydrogens (tertiary/aromatic N) is 2. The van der Waals surface area contributed by atoms with E-state index in [-0.39, 0.29) is 0 Å². The third kappa shape index (κ3) is 5.59. The smallest absolute Gasteiger partial charge is 0.229 e. The molecular formula is C21H23ClN4O. The van der Waals surface area contributed by atoms with Gasteiger partial charge < -0.3 is 15.4 Å². The van der Waals surface area contributed by atoms with E-state index in [0.717, 1.165) is 40.9 Å². The van der Waals surface area contributed by atoms with Gasteiger partial charge >= 0.3 is 0 Å². The van der Waals surface area contributed by atoms with Gasteiger partial charge in [0.1, 0.15) is 11.6 Å². The Labute approximate surface area is 164 Å². The molecule has 1 aromatic heterocycles. The molecule has 0 bridgehead atoms. The number of anilines is 3. The molecule has 2 N–H and O–H groups in total. The topological polar surface area (TPSA) is 59.1 Å². The maximum absolute atomic E-state index is 5.93.